The number of piperidine rings is 1. The highest BCUT2D eigenvalue weighted by atomic mass is 19.2. The van der Waals surface area contributed by atoms with E-state index in [1.165, 1.54) is 13.0 Å². The third-order valence-corrected chi connectivity index (χ3v) is 6.04. The minimum absolute atomic E-state index is 0.117. The van der Waals surface area contributed by atoms with Gasteiger partial charge in [-0.05, 0) is 72.8 Å². The number of nitrogens with zero attached hydrogens (tertiary/aromatic N) is 4. The van der Waals surface area contributed by atoms with Gasteiger partial charge in [-0.25, -0.2) is 8.78 Å². The van der Waals surface area contributed by atoms with Crippen LogP contribution in [0.25, 0.3) is 0 Å². The first-order valence-corrected chi connectivity index (χ1v) is 11.1. The number of amides is 1. The van der Waals surface area contributed by atoms with E-state index < -0.39 is 17.7 Å². The second kappa shape index (κ2) is 10.6. The lowest BCUT2D eigenvalue weighted by Gasteiger charge is -2.32. The van der Waals surface area contributed by atoms with Crippen molar-refractivity contribution in [1.29, 1.82) is 0 Å². The van der Waals surface area contributed by atoms with Crippen molar-refractivity contribution in [2.45, 2.75) is 38.3 Å². The second-order valence-electron chi connectivity index (χ2n) is 8.51. The van der Waals surface area contributed by atoms with Crippen LogP contribution in [0, 0.1) is 16.5 Å². The molecule has 2 aromatic heterocycles. The summed E-state index contributed by atoms with van der Waals surface area (Å²) in [7, 11) is 0. The van der Waals surface area contributed by atoms with E-state index >= 15 is 0 Å². The van der Waals surface area contributed by atoms with E-state index in [-0.39, 0.29) is 11.5 Å². The van der Waals surface area contributed by atoms with Crippen molar-refractivity contribution in [1.82, 2.24) is 14.9 Å². The van der Waals surface area contributed by atoms with E-state index in [4.69, 9.17) is 0 Å². The van der Waals surface area contributed by atoms with Gasteiger partial charge >= 0.3 is 0 Å². The van der Waals surface area contributed by atoms with Gasteiger partial charge in [-0.2, -0.15) is 0 Å². The van der Waals surface area contributed by atoms with Gasteiger partial charge in [0.2, 0.25) is 5.91 Å². The van der Waals surface area contributed by atoms with Gasteiger partial charge in [-0.3, -0.25) is 19.7 Å². The summed E-state index contributed by atoms with van der Waals surface area (Å²) in [5.41, 5.74) is 3.47. The molecule has 1 amide bonds. The number of carbonyl (C=O) groups excluding carboxylic acids is 1. The first-order valence-electron chi connectivity index (χ1n) is 11.1. The molecular weight excluding hydrogens is 440 g/mol. The van der Waals surface area contributed by atoms with Gasteiger partial charge in [0.15, 0.2) is 17.7 Å². The summed E-state index contributed by atoms with van der Waals surface area (Å²) in [5.74, 6) is -1.73. The van der Waals surface area contributed by atoms with E-state index in [0.29, 0.717) is 23.8 Å². The van der Waals surface area contributed by atoms with Gasteiger partial charge in [0.25, 0.3) is 0 Å². The Morgan fingerprint density at radius 2 is 1.91 bits per heavy atom. The second-order valence-corrected chi connectivity index (χ2v) is 8.51. The van der Waals surface area contributed by atoms with Crippen LogP contribution < -0.4 is 5.32 Å². The molecule has 1 aliphatic heterocycles. The van der Waals surface area contributed by atoms with Crippen LogP contribution >= 0.6 is 0 Å². The molecule has 0 saturated carbocycles. The number of anilines is 1. The number of likely N-dealkylation sites (tertiary alicyclic amines) is 1. The van der Waals surface area contributed by atoms with Gasteiger partial charge in [-0.1, -0.05) is 17.3 Å². The number of rotatable bonds is 7. The quantitative estimate of drug-likeness (QED) is 0.499. The Kier molecular flexibility index (Phi) is 7.32. The summed E-state index contributed by atoms with van der Waals surface area (Å²) in [6.07, 6.45) is 7.15. The molecular formula is C25H25F2N5O2. The van der Waals surface area contributed by atoms with Gasteiger partial charge in [-0.15, -0.1) is 4.91 Å². The Bertz CT molecular complexity index is 1160. The molecule has 1 aromatic carbocycles. The molecule has 1 unspecified atom stereocenters. The first kappa shape index (κ1) is 23.6. The van der Waals surface area contributed by atoms with Crippen LogP contribution in [0.3, 0.4) is 0 Å². The number of carbonyl (C=O) groups is 1. The Balaban J connectivity index is 1.35. The SMILES string of the molecule is CC(=O)Nc1cncc(C2CCN(Cc3ccc(C(N=O)c4ccc(F)c(F)c4)nc3)CC2)c1. The van der Waals surface area contributed by atoms with E-state index in [9.17, 15) is 18.5 Å². The minimum Gasteiger partial charge on any atom is -0.325 e. The predicted octanol–water partition coefficient (Wildman–Crippen LogP) is 4.95. The third kappa shape index (κ3) is 5.66. The average Bonchev–Trinajstić information content (AvgIpc) is 2.83. The maximum Gasteiger partial charge on any atom is 0.221 e. The highest BCUT2D eigenvalue weighted by molar-refractivity contribution is 5.88. The van der Waals surface area contributed by atoms with E-state index in [1.54, 1.807) is 18.5 Å². The molecule has 0 bridgehead atoms. The molecule has 0 spiro atoms. The Hall–Kier alpha value is -3.59. The molecule has 3 heterocycles. The van der Waals surface area contributed by atoms with E-state index in [0.717, 1.165) is 49.2 Å². The average molecular weight is 466 g/mol. The maximum absolute atomic E-state index is 13.6. The lowest BCUT2D eigenvalue weighted by molar-refractivity contribution is -0.114. The van der Waals surface area contributed by atoms with Crippen LogP contribution in [0.5, 0.6) is 0 Å². The summed E-state index contributed by atoms with van der Waals surface area (Å²) < 4.78 is 26.8. The van der Waals surface area contributed by atoms with E-state index in [1.807, 2.05) is 18.3 Å². The molecule has 1 fully saturated rings. The van der Waals surface area contributed by atoms with Crippen LogP contribution in [0.15, 0.2) is 60.2 Å². The van der Waals surface area contributed by atoms with Crippen molar-refractivity contribution in [3.8, 4) is 0 Å². The molecule has 1 saturated heterocycles. The van der Waals surface area contributed by atoms with Crippen molar-refractivity contribution in [2.24, 2.45) is 5.18 Å². The summed E-state index contributed by atoms with van der Waals surface area (Å²) in [5, 5.41) is 5.84. The number of nitroso groups, excluding NO2 is 1. The molecule has 176 valence electrons. The molecule has 7 nitrogen and oxygen atoms in total. The Morgan fingerprint density at radius 1 is 1.12 bits per heavy atom. The topological polar surface area (TPSA) is 87.5 Å². The molecule has 3 aromatic rings. The summed E-state index contributed by atoms with van der Waals surface area (Å²) in [6.45, 7) is 4.01. The molecule has 0 aliphatic carbocycles. The smallest absolute Gasteiger partial charge is 0.221 e. The van der Waals surface area contributed by atoms with Crippen LogP contribution in [0.4, 0.5) is 14.5 Å². The van der Waals surface area contributed by atoms with Crippen molar-refractivity contribution < 1.29 is 13.6 Å². The minimum atomic E-state index is -1.02. The maximum atomic E-state index is 13.6. The normalized spacial score (nSPS) is 15.6. The number of halogens is 2. The number of aromatic nitrogens is 2. The van der Waals surface area contributed by atoms with Gasteiger partial charge < -0.3 is 5.32 Å². The summed E-state index contributed by atoms with van der Waals surface area (Å²) in [4.78, 5) is 33.6. The van der Waals surface area contributed by atoms with E-state index in [2.05, 4.69) is 25.4 Å². The molecule has 1 atom stereocenters. The van der Waals surface area contributed by atoms with Crippen LogP contribution in [0.1, 0.15) is 54.1 Å². The zero-order valence-electron chi connectivity index (χ0n) is 18.7. The Morgan fingerprint density at radius 3 is 2.56 bits per heavy atom. The zero-order valence-corrected chi connectivity index (χ0v) is 18.7. The third-order valence-electron chi connectivity index (χ3n) is 6.04. The molecule has 1 N–H and O–H groups in total. The lowest BCUT2D eigenvalue weighted by atomic mass is 9.90. The molecule has 0 radical (unpaired) electrons. The fourth-order valence-electron chi connectivity index (χ4n) is 4.29. The summed E-state index contributed by atoms with van der Waals surface area (Å²) >= 11 is 0. The zero-order chi connectivity index (χ0) is 24.1. The standard InChI is InChI=1S/C25H25F2N5O2/c1-16(33)30-21-10-20(13-28-14-21)18-6-8-32(9-7-18)15-17-2-5-24(29-12-17)25(31-34)19-3-4-22(26)23(27)11-19/h2-5,10-14,18,25H,6-9,15H2,1H3,(H,30,33). The van der Waals surface area contributed by atoms with Crippen molar-refractivity contribution in [3.63, 3.8) is 0 Å². The Labute approximate surface area is 196 Å². The fraction of sp³-hybridized carbons (Fsp3) is 0.320. The number of pyridine rings is 2. The molecule has 1 aliphatic rings. The van der Waals surface area contributed by atoms with Crippen LogP contribution in [0.2, 0.25) is 0 Å². The van der Waals surface area contributed by atoms with Gasteiger partial charge in [0.1, 0.15) is 0 Å². The highest BCUT2D eigenvalue weighted by Crippen LogP contribution is 2.30. The number of hydrogen-bond acceptors (Lipinski definition) is 6. The van der Waals surface area contributed by atoms with Crippen LogP contribution in [-0.4, -0.2) is 33.9 Å². The number of nitrogens with one attached hydrogen (secondary N) is 1. The van der Waals surface area contributed by atoms with Crippen molar-refractivity contribution in [2.75, 3.05) is 18.4 Å². The summed E-state index contributed by atoms with van der Waals surface area (Å²) in [6, 6.07) is 7.87. The molecule has 9 heteroatoms. The van der Waals surface area contributed by atoms with Gasteiger partial charge in [0.05, 0.1) is 17.6 Å². The largest absolute Gasteiger partial charge is 0.325 e. The van der Waals surface area contributed by atoms with Crippen LogP contribution in [-0.2, 0) is 11.3 Å². The monoisotopic (exact) mass is 465 g/mol. The van der Waals surface area contributed by atoms with Gasteiger partial charge in [0, 0.05) is 25.9 Å². The highest BCUT2D eigenvalue weighted by Gasteiger charge is 2.22. The fourth-order valence-corrected chi connectivity index (χ4v) is 4.29. The molecule has 34 heavy (non-hydrogen) atoms. The predicted molar refractivity (Wildman–Crippen MR) is 124 cm³/mol. The van der Waals surface area contributed by atoms with Crippen molar-refractivity contribution >= 4 is 11.6 Å². The lowest BCUT2D eigenvalue weighted by Crippen LogP contribution is -2.32. The first-order chi connectivity index (χ1) is 16.4. The molecule has 4 rings (SSSR count). The number of hydrogen-bond donors (Lipinski definition) is 1. The number of benzene rings is 1. The van der Waals surface area contributed by atoms with Crippen molar-refractivity contribution in [3.05, 3.63) is 93.9 Å².